The van der Waals surface area contributed by atoms with Gasteiger partial charge in [0.2, 0.25) is 0 Å². The quantitative estimate of drug-likeness (QED) is 0.0275. The lowest BCUT2D eigenvalue weighted by Gasteiger charge is -2.33. The van der Waals surface area contributed by atoms with Crippen LogP contribution in [0.5, 0.6) is 23.0 Å². The Morgan fingerprint density at radius 2 is 0.607 bits per heavy atom. The molecule has 8 aromatic carbocycles. The van der Waals surface area contributed by atoms with Crippen molar-refractivity contribution in [1.82, 2.24) is 19.6 Å². The van der Waals surface area contributed by atoms with Crippen LogP contribution in [0.25, 0.3) is 0 Å². The zero-order valence-electron chi connectivity index (χ0n) is 61.9. The highest BCUT2D eigenvalue weighted by Gasteiger charge is 2.26. The van der Waals surface area contributed by atoms with Crippen molar-refractivity contribution < 1.29 is 39.4 Å². The maximum absolute atomic E-state index is 10.3. The molecule has 0 unspecified atom stereocenters. The van der Waals surface area contributed by atoms with Crippen molar-refractivity contribution in [2.24, 2.45) is 5.92 Å². The molecule has 14 nitrogen and oxygen atoms in total. The molecule has 0 bridgehead atoms. The number of nitrogens with zero attached hydrogens (tertiary/aromatic N) is 4. The van der Waals surface area contributed by atoms with E-state index < -0.39 is 24.4 Å². The number of thioether (sulfide) groups is 1. The average molecular weight is 1600 g/mol. The van der Waals surface area contributed by atoms with Crippen molar-refractivity contribution in [3.8, 4) is 23.0 Å². The second-order valence-electron chi connectivity index (χ2n) is 28.2. The van der Waals surface area contributed by atoms with Gasteiger partial charge in [-0.3, -0.25) is 0 Å². The standard InChI is InChI=1S/C22H28ClNO2.2C21H27ClN2O2.C21H26ClNO2S.CH4.2H2S/c1-17-2-8-22(9-3-17)26-16-21(25)15-24-12-10-19(11-13-24)14-18-4-6-20(23)7-5-18;2*1-16-2-8-21(9-3-16)26-15-20(25)14-24-12-10-19(11-13-24)23-18-6-4-17(22)5-7-18;1-16-2-6-19(7-3-16)25-15-18(24)14-23-12-10-21(11-13-23)26-20-8-4-17(22)5-9-20;;;/h2-9,19,21,25H,10-16H2,1H3;2*2-9,19-20,23,25H,10-15H2,1H3;2-9,18,21,24H,10-15H2,1H3;1H4;2*1H2/t21-;2*20-;18-;;;/m0000.../s1. The number of β-amino-alcohol motifs (C(OH)–C–C–N with tert-alkyl or cyclic N) is 4. The maximum Gasteiger partial charge on any atom is 0.119 e. The number of aliphatic hydroxyl groups is 4. The van der Waals surface area contributed by atoms with Crippen molar-refractivity contribution >= 4 is 96.5 Å². The number of anilines is 2. The van der Waals surface area contributed by atoms with Crippen LogP contribution in [0.15, 0.2) is 199 Å². The number of nitrogens with one attached hydrogen (secondary N) is 2. The summed E-state index contributed by atoms with van der Waals surface area (Å²) in [5.74, 6) is 3.96. The van der Waals surface area contributed by atoms with Crippen LogP contribution in [0.2, 0.25) is 20.1 Å². The third kappa shape index (κ3) is 35.1. The topological polar surface area (TPSA) is 155 Å². The number of aliphatic hydroxyl groups excluding tert-OH is 4. The Kier molecular flexibility index (Phi) is 41.3. The SMILES string of the molecule is C.Cc1ccc(OC[C@@H](O)CN2CCC(Cc3ccc(Cl)cc3)CC2)cc1.Cc1ccc(OC[C@@H](O)CN2CCC(Nc3ccc(Cl)cc3)CC2)cc1.Cc1ccc(OC[C@@H](O)CN2CCC(Nc3ccc(Cl)cc3)CC2)cc1.Cc1ccc(OC[C@@H](O)CN2CCC(Sc3ccc(Cl)cc3)CC2)cc1.S.S. The first kappa shape index (κ1) is 90.3. The van der Waals surface area contributed by atoms with Crippen LogP contribution in [0.4, 0.5) is 11.4 Å². The van der Waals surface area contributed by atoms with Gasteiger partial charge in [0.1, 0.15) is 73.8 Å². The van der Waals surface area contributed by atoms with Crippen molar-refractivity contribution in [2.75, 3.05) is 116 Å². The first-order valence-electron chi connectivity index (χ1n) is 36.9. The summed E-state index contributed by atoms with van der Waals surface area (Å²) in [7, 11) is 0. The molecule has 21 heteroatoms. The van der Waals surface area contributed by atoms with E-state index in [-0.39, 0.29) is 34.4 Å². The Bertz CT molecular complexity index is 3170. The van der Waals surface area contributed by atoms with Gasteiger partial charge >= 0.3 is 0 Å². The highest BCUT2D eigenvalue weighted by Crippen LogP contribution is 2.32. The molecule has 6 N–H and O–H groups in total. The minimum absolute atomic E-state index is 0. The molecule has 4 aliphatic rings. The lowest BCUT2D eigenvalue weighted by molar-refractivity contribution is 0.0550. The van der Waals surface area contributed by atoms with Crippen LogP contribution < -0.4 is 29.6 Å². The van der Waals surface area contributed by atoms with Crippen LogP contribution in [0.3, 0.4) is 0 Å². The van der Waals surface area contributed by atoms with Gasteiger partial charge < -0.3 is 69.6 Å². The molecule has 8 aromatic rings. The van der Waals surface area contributed by atoms with E-state index in [0.717, 1.165) is 152 Å². The van der Waals surface area contributed by atoms with E-state index in [1.54, 1.807) is 0 Å². The van der Waals surface area contributed by atoms with E-state index in [0.29, 0.717) is 75.9 Å². The number of likely N-dealkylation sites (tertiary alicyclic amines) is 4. The number of piperidine rings is 4. The molecule has 4 saturated heterocycles. The number of benzene rings is 8. The molecule has 0 amide bonds. The zero-order valence-corrected chi connectivity index (χ0v) is 67.7. The summed E-state index contributed by atoms with van der Waals surface area (Å²) < 4.78 is 22.7. The molecular weight excluding hydrogens is 1480 g/mol. The van der Waals surface area contributed by atoms with Crippen molar-refractivity contribution in [3.63, 3.8) is 0 Å². The second kappa shape index (κ2) is 49.0. The summed E-state index contributed by atoms with van der Waals surface area (Å²) in [6, 6.07) is 64.6. The fourth-order valence-corrected chi connectivity index (χ4v) is 14.7. The Morgan fingerprint density at radius 1 is 0.355 bits per heavy atom. The van der Waals surface area contributed by atoms with Gasteiger partial charge in [-0.15, -0.1) is 11.8 Å². The molecule has 4 atom stereocenters. The summed E-state index contributed by atoms with van der Waals surface area (Å²) in [5.41, 5.74) is 8.40. The molecule has 4 fully saturated rings. The third-order valence-electron chi connectivity index (χ3n) is 19.1. The predicted molar refractivity (Wildman–Crippen MR) is 458 cm³/mol. The lowest BCUT2D eigenvalue weighted by atomic mass is 9.90. The van der Waals surface area contributed by atoms with Gasteiger partial charge in [0.15, 0.2) is 0 Å². The number of rotatable bonds is 28. The molecule has 0 aromatic heterocycles. The minimum Gasteiger partial charge on any atom is -0.491 e. The summed E-state index contributed by atoms with van der Waals surface area (Å²) in [6.45, 7) is 20.2. The van der Waals surface area contributed by atoms with Gasteiger partial charge in [-0.2, -0.15) is 27.0 Å². The van der Waals surface area contributed by atoms with Gasteiger partial charge in [0, 0.05) is 106 Å². The smallest absolute Gasteiger partial charge is 0.119 e. The molecule has 0 radical (unpaired) electrons. The lowest BCUT2D eigenvalue weighted by Crippen LogP contribution is -2.43. The molecule has 107 heavy (non-hydrogen) atoms. The normalized spacial score (nSPS) is 16.6. The maximum atomic E-state index is 10.3. The first-order chi connectivity index (χ1) is 50.3. The second-order valence-corrected chi connectivity index (χ2v) is 31.3. The van der Waals surface area contributed by atoms with Crippen molar-refractivity contribution in [1.29, 1.82) is 0 Å². The Labute approximate surface area is 676 Å². The molecule has 0 aliphatic carbocycles. The van der Waals surface area contributed by atoms with E-state index in [1.165, 1.54) is 45.6 Å². The number of hydrogen-bond donors (Lipinski definition) is 6. The molecule has 584 valence electrons. The van der Waals surface area contributed by atoms with Crippen LogP contribution in [0, 0.1) is 33.6 Å². The Hall–Kier alpha value is -5.55. The monoisotopic (exact) mass is 1600 g/mol. The number of halogens is 4. The van der Waals surface area contributed by atoms with Gasteiger partial charge in [-0.05, 0) is 257 Å². The summed E-state index contributed by atoms with van der Waals surface area (Å²) >= 11 is 25.7. The van der Waals surface area contributed by atoms with Crippen molar-refractivity contribution in [3.05, 3.63) is 242 Å². The fourth-order valence-electron chi connectivity index (χ4n) is 13.0. The van der Waals surface area contributed by atoms with E-state index in [9.17, 15) is 20.4 Å². The third-order valence-corrected chi connectivity index (χ3v) is 21.5. The molecule has 4 aliphatic heterocycles. The Balaban J connectivity index is 0.000000221. The minimum atomic E-state index is -0.475. The van der Waals surface area contributed by atoms with Gasteiger partial charge in [0.05, 0.1) is 0 Å². The molecule has 0 spiro atoms. The van der Waals surface area contributed by atoms with Crippen LogP contribution >= 0.6 is 85.2 Å². The Morgan fingerprint density at radius 3 is 0.897 bits per heavy atom. The van der Waals surface area contributed by atoms with Crippen LogP contribution in [0.1, 0.15) is 86.6 Å². The van der Waals surface area contributed by atoms with E-state index in [4.69, 9.17) is 65.4 Å². The molecule has 12 rings (SSSR count). The van der Waals surface area contributed by atoms with E-state index in [1.807, 2.05) is 202 Å². The highest BCUT2D eigenvalue weighted by molar-refractivity contribution is 8.00. The molecule has 0 saturated carbocycles. The van der Waals surface area contributed by atoms with Crippen molar-refractivity contribution in [2.45, 2.75) is 140 Å². The van der Waals surface area contributed by atoms with Crippen LogP contribution in [-0.2, 0) is 6.42 Å². The average Bonchev–Trinajstić information content (AvgIpc) is 0.888. The first-order valence-corrected chi connectivity index (χ1v) is 39.3. The summed E-state index contributed by atoms with van der Waals surface area (Å²) in [4.78, 5) is 10.6. The number of ether oxygens (including phenoxy) is 4. The largest absolute Gasteiger partial charge is 0.491 e. The number of hydrogen-bond acceptors (Lipinski definition) is 15. The molecular formula is C86H116Cl4N6O8S3. The van der Waals surface area contributed by atoms with E-state index in [2.05, 4.69) is 61.4 Å². The highest BCUT2D eigenvalue weighted by atomic mass is 35.5. The van der Waals surface area contributed by atoms with Crippen LogP contribution in [-0.4, -0.2) is 187 Å². The summed E-state index contributed by atoms with van der Waals surface area (Å²) in [6.07, 6.45) is 8.13. The predicted octanol–water partition coefficient (Wildman–Crippen LogP) is 17.8. The van der Waals surface area contributed by atoms with Gasteiger partial charge in [-0.1, -0.05) is 137 Å². The summed E-state index contributed by atoms with van der Waals surface area (Å²) in [5, 5.41) is 51.9. The zero-order chi connectivity index (χ0) is 73.4. The van der Waals surface area contributed by atoms with Gasteiger partial charge in [0.25, 0.3) is 0 Å². The molecule has 4 heterocycles. The van der Waals surface area contributed by atoms with E-state index >= 15 is 0 Å². The number of aryl methyl sites for hydroxylation is 4. The fraction of sp³-hybridized carbons (Fsp3) is 0.442. The van der Waals surface area contributed by atoms with Gasteiger partial charge in [-0.25, -0.2) is 0 Å².